The number of anilines is 1. The number of phenols is 1. The molecule has 2 aromatic carbocycles. The molecule has 2 rings (SSSR count). The predicted molar refractivity (Wildman–Crippen MR) is 84.3 cm³/mol. The van der Waals surface area contributed by atoms with Gasteiger partial charge in [-0.1, -0.05) is 17.9 Å². The number of hydrogen-bond donors (Lipinski definition) is 2. The van der Waals surface area contributed by atoms with E-state index in [1.807, 2.05) is 50.2 Å². The number of carbonyl (C=O) groups is 1. The fourth-order valence-electron chi connectivity index (χ4n) is 2.05. The molecule has 106 valence electrons. The van der Waals surface area contributed by atoms with Crippen molar-refractivity contribution in [1.29, 1.82) is 0 Å². The summed E-state index contributed by atoms with van der Waals surface area (Å²) in [5.41, 5.74) is 4.03. The fourth-order valence-corrected chi connectivity index (χ4v) is 2.05. The molecule has 0 bridgehead atoms. The summed E-state index contributed by atoms with van der Waals surface area (Å²) in [4.78, 5) is 11.0. The van der Waals surface area contributed by atoms with E-state index in [4.69, 9.17) is 0 Å². The van der Waals surface area contributed by atoms with Gasteiger partial charge in [0.25, 0.3) is 0 Å². The van der Waals surface area contributed by atoms with Gasteiger partial charge >= 0.3 is 0 Å². The van der Waals surface area contributed by atoms with Crippen molar-refractivity contribution in [3.63, 3.8) is 0 Å². The van der Waals surface area contributed by atoms with Crippen LogP contribution in [0.15, 0.2) is 36.4 Å². The van der Waals surface area contributed by atoms with Gasteiger partial charge in [0.2, 0.25) is 5.91 Å². The Labute approximate surface area is 124 Å². The topological polar surface area (TPSA) is 49.3 Å². The quantitative estimate of drug-likeness (QED) is 0.786. The van der Waals surface area contributed by atoms with Crippen molar-refractivity contribution in [2.45, 2.75) is 20.8 Å². The van der Waals surface area contributed by atoms with Crippen LogP contribution in [-0.4, -0.2) is 11.0 Å². The van der Waals surface area contributed by atoms with Crippen LogP contribution in [0.4, 0.5) is 5.69 Å². The maximum atomic E-state index is 11.0. The number of phenolic OH excluding ortho intramolecular Hbond substituents is 1. The number of nitrogens with one attached hydrogen (secondary N) is 1. The van der Waals surface area contributed by atoms with Gasteiger partial charge in [-0.3, -0.25) is 4.79 Å². The molecule has 2 N–H and O–H groups in total. The lowest BCUT2D eigenvalue weighted by Crippen LogP contribution is -2.05. The Hall–Kier alpha value is -2.73. The molecule has 0 aromatic heterocycles. The lowest BCUT2D eigenvalue weighted by Gasteiger charge is -2.03. The lowest BCUT2D eigenvalue weighted by atomic mass is 10.1. The smallest absolute Gasteiger partial charge is 0.221 e. The third-order valence-electron chi connectivity index (χ3n) is 3.03. The molecule has 2 aromatic rings. The van der Waals surface area contributed by atoms with Crippen LogP contribution in [0.2, 0.25) is 0 Å². The molecule has 0 fully saturated rings. The number of benzene rings is 2. The van der Waals surface area contributed by atoms with Gasteiger partial charge in [-0.05, 0) is 55.3 Å². The average molecular weight is 279 g/mol. The summed E-state index contributed by atoms with van der Waals surface area (Å²) in [6.45, 7) is 5.18. The second kappa shape index (κ2) is 6.15. The van der Waals surface area contributed by atoms with E-state index in [-0.39, 0.29) is 5.91 Å². The van der Waals surface area contributed by atoms with Crippen LogP contribution in [0.5, 0.6) is 5.75 Å². The molecule has 0 saturated carbocycles. The summed E-state index contributed by atoms with van der Waals surface area (Å²) in [7, 11) is 0. The van der Waals surface area contributed by atoms with E-state index in [1.54, 1.807) is 0 Å². The Bertz CT molecular complexity index is 728. The molecule has 3 heteroatoms. The normalized spacial score (nSPS) is 9.67. The van der Waals surface area contributed by atoms with E-state index in [0.29, 0.717) is 5.75 Å². The zero-order chi connectivity index (χ0) is 15.4. The van der Waals surface area contributed by atoms with Crippen molar-refractivity contribution in [2.24, 2.45) is 0 Å². The van der Waals surface area contributed by atoms with Crippen molar-refractivity contribution >= 4 is 11.6 Å². The molecule has 0 spiro atoms. The van der Waals surface area contributed by atoms with Crippen molar-refractivity contribution in [2.75, 3.05) is 5.32 Å². The molecule has 3 nitrogen and oxygen atoms in total. The molecule has 0 heterocycles. The zero-order valence-electron chi connectivity index (χ0n) is 12.3. The van der Waals surface area contributed by atoms with E-state index >= 15 is 0 Å². The molecule has 0 aliphatic carbocycles. The summed E-state index contributed by atoms with van der Waals surface area (Å²) in [5, 5.41) is 12.5. The Morgan fingerprint density at radius 3 is 2.29 bits per heavy atom. The number of hydrogen-bond acceptors (Lipinski definition) is 2. The molecule has 21 heavy (non-hydrogen) atoms. The van der Waals surface area contributed by atoms with Gasteiger partial charge in [0, 0.05) is 23.7 Å². The summed E-state index contributed by atoms with van der Waals surface area (Å²) in [5.74, 6) is 6.35. The molecular weight excluding hydrogens is 262 g/mol. The van der Waals surface area contributed by atoms with Gasteiger partial charge in [0.1, 0.15) is 5.75 Å². The SMILES string of the molecule is CC(=O)Nc1cccc(C#Cc2cc(C)c(O)c(C)c2)c1. The van der Waals surface area contributed by atoms with E-state index < -0.39 is 0 Å². The first-order valence-corrected chi connectivity index (χ1v) is 6.65. The average Bonchev–Trinajstić information content (AvgIpc) is 2.42. The fraction of sp³-hybridized carbons (Fsp3) is 0.167. The third-order valence-corrected chi connectivity index (χ3v) is 3.03. The standard InChI is InChI=1S/C18H17NO2/c1-12-9-16(10-13(2)18(12)21)8-7-15-5-4-6-17(11-15)19-14(3)20/h4-6,9-11,21H,1-3H3,(H,19,20). The van der Waals surface area contributed by atoms with Crippen LogP contribution >= 0.6 is 0 Å². The first-order chi connectivity index (χ1) is 9.95. The molecule has 0 aliphatic heterocycles. The largest absolute Gasteiger partial charge is 0.507 e. The zero-order valence-corrected chi connectivity index (χ0v) is 12.3. The van der Waals surface area contributed by atoms with E-state index in [0.717, 1.165) is 27.9 Å². The van der Waals surface area contributed by atoms with Crippen molar-refractivity contribution < 1.29 is 9.90 Å². The van der Waals surface area contributed by atoms with Crippen molar-refractivity contribution in [1.82, 2.24) is 0 Å². The maximum Gasteiger partial charge on any atom is 0.221 e. The number of aromatic hydroxyl groups is 1. The van der Waals surface area contributed by atoms with Gasteiger partial charge in [0.15, 0.2) is 0 Å². The Kier molecular flexibility index (Phi) is 4.30. The summed E-state index contributed by atoms with van der Waals surface area (Å²) in [6, 6.07) is 11.1. The second-order valence-corrected chi connectivity index (χ2v) is 4.97. The highest BCUT2D eigenvalue weighted by atomic mass is 16.3. The Balaban J connectivity index is 2.29. The molecule has 0 radical (unpaired) electrons. The Morgan fingerprint density at radius 2 is 1.67 bits per heavy atom. The van der Waals surface area contributed by atoms with Crippen LogP contribution in [0.25, 0.3) is 0 Å². The second-order valence-electron chi connectivity index (χ2n) is 4.97. The molecular formula is C18H17NO2. The molecule has 0 unspecified atom stereocenters. The summed E-state index contributed by atoms with van der Waals surface area (Å²) >= 11 is 0. The third kappa shape index (κ3) is 3.87. The predicted octanol–water partition coefficient (Wildman–Crippen LogP) is 3.37. The molecule has 0 atom stereocenters. The van der Waals surface area contributed by atoms with Crippen molar-refractivity contribution in [3.05, 3.63) is 58.7 Å². The highest BCUT2D eigenvalue weighted by Gasteiger charge is 2.01. The van der Waals surface area contributed by atoms with E-state index in [2.05, 4.69) is 17.2 Å². The van der Waals surface area contributed by atoms with Crippen LogP contribution in [0.3, 0.4) is 0 Å². The number of amides is 1. The summed E-state index contributed by atoms with van der Waals surface area (Å²) in [6.07, 6.45) is 0. The minimum Gasteiger partial charge on any atom is -0.507 e. The van der Waals surface area contributed by atoms with Crippen LogP contribution < -0.4 is 5.32 Å². The number of rotatable bonds is 1. The summed E-state index contributed by atoms with van der Waals surface area (Å²) < 4.78 is 0. The van der Waals surface area contributed by atoms with Crippen LogP contribution in [0.1, 0.15) is 29.2 Å². The van der Waals surface area contributed by atoms with Gasteiger partial charge in [0.05, 0.1) is 0 Å². The van der Waals surface area contributed by atoms with Gasteiger partial charge < -0.3 is 10.4 Å². The lowest BCUT2D eigenvalue weighted by molar-refractivity contribution is -0.114. The molecule has 0 aliphatic rings. The van der Waals surface area contributed by atoms with Gasteiger partial charge in [-0.2, -0.15) is 0 Å². The number of aryl methyl sites for hydroxylation is 2. The maximum absolute atomic E-state index is 11.0. The minimum atomic E-state index is -0.107. The van der Waals surface area contributed by atoms with Crippen molar-refractivity contribution in [3.8, 4) is 17.6 Å². The van der Waals surface area contributed by atoms with Gasteiger partial charge in [-0.25, -0.2) is 0 Å². The van der Waals surface area contributed by atoms with Gasteiger partial charge in [-0.15, -0.1) is 0 Å². The Morgan fingerprint density at radius 1 is 1.05 bits per heavy atom. The van der Waals surface area contributed by atoms with E-state index in [1.165, 1.54) is 6.92 Å². The molecule has 1 amide bonds. The van der Waals surface area contributed by atoms with Crippen LogP contribution in [0, 0.1) is 25.7 Å². The van der Waals surface area contributed by atoms with Crippen LogP contribution in [-0.2, 0) is 4.79 Å². The monoisotopic (exact) mass is 279 g/mol. The highest BCUT2D eigenvalue weighted by Crippen LogP contribution is 2.22. The van der Waals surface area contributed by atoms with E-state index in [9.17, 15) is 9.90 Å². The first-order valence-electron chi connectivity index (χ1n) is 6.65. The molecule has 0 saturated heterocycles. The minimum absolute atomic E-state index is 0.107. The first kappa shape index (κ1) is 14.7. The highest BCUT2D eigenvalue weighted by molar-refractivity contribution is 5.88. The number of carbonyl (C=O) groups excluding carboxylic acids is 1.